The number of ether oxygens (including phenoxy) is 1. The number of rotatable bonds is 5. The minimum atomic E-state index is -0.275. The second-order valence-electron chi connectivity index (χ2n) is 5.73. The Balaban J connectivity index is 2.20. The van der Waals surface area contributed by atoms with E-state index in [9.17, 15) is 4.79 Å². The monoisotopic (exact) mass is 337 g/mol. The highest BCUT2D eigenvalue weighted by Crippen LogP contribution is 2.29. The van der Waals surface area contributed by atoms with Gasteiger partial charge in [-0.15, -0.1) is 5.10 Å². The molecule has 0 atom stereocenters. The number of nitrogens with zero attached hydrogens (tertiary/aromatic N) is 4. The molecule has 0 fully saturated rings. The topological polar surface area (TPSA) is 81.9 Å². The van der Waals surface area contributed by atoms with Crippen molar-refractivity contribution in [3.05, 3.63) is 54.5 Å². The van der Waals surface area contributed by atoms with Crippen molar-refractivity contribution in [2.24, 2.45) is 0 Å². The molecule has 1 aromatic carbocycles. The Hall–Kier alpha value is -3.22. The van der Waals surface area contributed by atoms with E-state index < -0.39 is 0 Å². The first-order valence-electron chi connectivity index (χ1n) is 7.92. The molecular weight excluding hydrogens is 318 g/mol. The van der Waals surface area contributed by atoms with E-state index in [4.69, 9.17) is 4.74 Å². The number of hydrogen-bond donors (Lipinski definition) is 1. The maximum Gasteiger partial charge on any atom is 0.274 e. The van der Waals surface area contributed by atoms with Gasteiger partial charge in [0.1, 0.15) is 17.1 Å². The summed E-state index contributed by atoms with van der Waals surface area (Å²) in [5.41, 5.74) is 2.34. The van der Waals surface area contributed by atoms with Gasteiger partial charge in [0.2, 0.25) is 0 Å². The van der Waals surface area contributed by atoms with Gasteiger partial charge in [0, 0.05) is 24.0 Å². The van der Waals surface area contributed by atoms with Crippen LogP contribution in [0.1, 0.15) is 24.3 Å². The molecular formula is C18H19N5O2. The van der Waals surface area contributed by atoms with Crippen molar-refractivity contribution < 1.29 is 9.53 Å². The summed E-state index contributed by atoms with van der Waals surface area (Å²) in [6, 6.07) is 11.1. The van der Waals surface area contributed by atoms with Crippen molar-refractivity contribution in [3.63, 3.8) is 0 Å². The van der Waals surface area contributed by atoms with Gasteiger partial charge in [0.15, 0.2) is 5.69 Å². The average molecular weight is 337 g/mol. The summed E-state index contributed by atoms with van der Waals surface area (Å²) in [5.74, 6) is 0.362. The van der Waals surface area contributed by atoms with Gasteiger partial charge in [0.05, 0.1) is 7.11 Å². The van der Waals surface area contributed by atoms with Crippen LogP contribution >= 0.6 is 0 Å². The van der Waals surface area contributed by atoms with E-state index in [1.165, 1.54) is 0 Å². The van der Waals surface area contributed by atoms with Gasteiger partial charge in [0.25, 0.3) is 5.91 Å². The molecule has 7 nitrogen and oxygen atoms in total. The van der Waals surface area contributed by atoms with E-state index in [2.05, 4.69) is 20.6 Å². The first-order chi connectivity index (χ1) is 12.1. The summed E-state index contributed by atoms with van der Waals surface area (Å²) in [4.78, 5) is 16.6. The number of pyridine rings is 1. The average Bonchev–Trinajstić information content (AvgIpc) is 3.07. The largest absolute Gasteiger partial charge is 0.494 e. The molecule has 1 N–H and O–H groups in total. The van der Waals surface area contributed by atoms with Crippen molar-refractivity contribution in [2.75, 3.05) is 7.11 Å². The number of benzene rings is 1. The van der Waals surface area contributed by atoms with E-state index >= 15 is 0 Å². The Morgan fingerprint density at radius 3 is 2.56 bits per heavy atom. The third-order valence-electron chi connectivity index (χ3n) is 3.57. The number of amides is 1. The molecule has 0 aliphatic heterocycles. The predicted octanol–water partition coefficient (Wildman–Crippen LogP) is 2.48. The van der Waals surface area contributed by atoms with Crippen molar-refractivity contribution in [1.29, 1.82) is 0 Å². The highest BCUT2D eigenvalue weighted by molar-refractivity contribution is 5.98. The fourth-order valence-corrected chi connectivity index (χ4v) is 2.51. The molecule has 0 unspecified atom stereocenters. The van der Waals surface area contributed by atoms with Gasteiger partial charge in [-0.3, -0.25) is 9.78 Å². The highest BCUT2D eigenvalue weighted by Gasteiger charge is 2.23. The normalized spacial score (nSPS) is 10.7. The molecule has 0 saturated carbocycles. The van der Waals surface area contributed by atoms with Crippen LogP contribution in [-0.2, 0) is 0 Å². The molecule has 0 bridgehead atoms. The molecule has 0 saturated heterocycles. The van der Waals surface area contributed by atoms with Crippen LogP contribution in [0.5, 0.6) is 5.75 Å². The quantitative estimate of drug-likeness (QED) is 0.773. The Morgan fingerprint density at radius 2 is 1.88 bits per heavy atom. The van der Waals surface area contributed by atoms with Crippen LogP contribution in [0.3, 0.4) is 0 Å². The molecule has 7 heteroatoms. The molecule has 0 aliphatic rings. The molecule has 0 spiro atoms. The SMILES string of the molecule is COc1ccccc1-n1nnc(C(=O)NC(C)C)c1-c1ccncc1. The third kappa shape index (κ3) is 3.35. The number of carbonyl (C=O) groups excluding carboxylic acids is 1. The van der Waals surface area contributed by atoms with Gasteiger partial charge in [-0.05, 0) is 38.1 Å². The number of hydrogen-bond acceptors (Lipinski definition) is 5. The van der Waals surface area contributed by atoms with Crippen LogP contribution in [0.2, 0.25) is 0 Å². The molecule has 2 heterocycles. The number of carbonyl (C=O) groups is 1. The Bertz CT molecular complexity index is 874. The van der Waals surface area contributed by atoms with E-state index in [1.807, 2.05) is 50.2 Å². The summed E-state index contributed by atoms with van der Waals surface area (Å²) in [6.45, 7) is 3.79. The summed E-state index contributed by atoms with van der Waals surface area (Å²) >= 11 is 0. The highest BCUT2D eigenvalue weighted by atomic mass is 16.5. The number of para-hydroxylation sites is 2. The lowest BCUT2D eigenvalue weighted by atomic mass is 10.1. The maximum atomic E-state index is 12.6. The predicted molar refractivity (Wildman–Crippen MR) is 93.7 cm³/mol. The van der Waals surface area contributed by atoms with Crippen LogP contribution in [0.15, 0.2) is 48.8 Å². The molecule has 25 heavy (non-hydrogen) atoms. The molecule has 128 valence electrons. The minimum Gasteiger partial charge on any atom is -0.494 e. The zero-order valence-corrected chi connectivity index (χ0v) is 14.3. The molecule has 1 amide bonds. The van der Waals surface area contributed by atoms with E-state index in [0.29, 0.717) is 17.1 Å². The van der Waals surface area contributed by atoms with Crippen LogP contribution in [0, 0.1) is 0 Å². The van der Waals surface area contributed by atoms with Crippen molar-refractivity contribution in [3.8, 4) is 22.7 Å². The summed E-state index contributed by atoms with van der Waals surface area (Å²) in [6.07, 6.45) is 3.33. The van der Waals surface area contributed by atoms with E-state index in [0.717, 1.165) is 5.56 Å². The lowest BCUT2D eigenvalue weighted by molar-refractivity contribution is 0.0938. The van der Waals surface area contributed by atoms with Crippen LogP contribution in [0.25, 0.3) is 16.9 Å². The first kappa shape index (κ1) is 16.6. The lowest BCUT2D eigenvalue weighted by Gasteiger charge is -2.12. The molecule has 0 aliphatic carbocycles. The molecule has 0 radical (unpaired) electrons. The third-order valence-corrected chi connectivity index (χ3v) is 3.57. The Labute approximate surface area is 145 Å². The molecule has 3 aromatic rings. The van der Waals surface area contributed by atoms with E-state index in [1.54, 1.807) is 24.2 Å². The van der Waals surface area contributed by atoms with Gasteiger partial charge >= 0.3 is 0 Å². The van der Waals surface area contributed by atoms with Crippen molar-refractivity contribution >= 4 is 5.91 Å². The van der Waals surface area contributed by atoms with Crippen molar-refractivity contribution in [1.82, 2.24) is 25.3 Å². The fraction of sp³-hybridized carbons (Fsp3) is 0.222. The summed E-state index contributed by atoms with van der Waals surface area (Å²) in [7, 11) is 1.59. The summed E-state index contributed by atoms with van der Waals surface area (Å²) in [5, 5.41) is 11.2. The second-order valence-corrected chi connectivity index (χ2v) is 5.73. The van der Waals surface area contributed by atoms with Crippen LogP contribution < -0.4 is 10.1 Å². The van der Waals surface area contributed by atoms with Crippen LogP contribution in [0.4, 0.5) is 0 Å². The fourth-order valence-electron chi connectivity index (χ4n) is 2.51. The Morgan fingerprint density at radius 1 is 1.16 bits per heavy atom. The maximum absolute atomic E-state index is 12.6. The van der Waals surface area contributed by atoms with Crippen LogP contribution in [-0.4, -0.2) is 39.0 Å². The van der Waals surface area contributed by atoms with Gasteiger partial charge in [-0.25, -0.2) is 4.68 Å². The first-order valence-corrected chi connectivity index (χ1v) is 7.92. The van der Waals surface area contributed by atoms with Gasteiger partial charge < -0.3 is 10.1 Å². The minimum absolute atomic E-state index is 0.00537. The molecule has 2 aromatic heterocycles. The number of aromatic nitrogens is 4. The van der Waals surface area contributed by atoms with Gasteiger partial charge in [-0.1, -0.05) is 17.3 Å². The Kier molecular flexibility index (Phi) is 4.74. The lowest BCUT2D eigenvalue weighted by Crippen LogP contribution is -2.30. The zero-order valence-electron chi connectivity index (χ0n) is 14.3. The van der Waals surface area contributed by atoms with Crippen molar-refractivity contribution in [2.45, 2.75) is 19.9 Å². The van der Waals surface area contributed by atoms with E-state index in [-0.39, 0.29) is 17.6 Å². The molecule has 3 rings (SSSR count). The zero-order chi connectivity index (χ0) is 17.8. The smallest absolute Gasteiger partial charge is 0.274 e. The van der Waals surface area contributed by atoms with Gasteiger partial charge in [-0.2, -0.15) is 0 Å². The summed E-state index contributed by atoms with van der Waals surface area (Å²) < 4.78 is 7.04. The number of methoxy groups -OCH3 is 1. The number of nitrogens with one attached hydrogen (secondary N) is 1. The standard InChI is InChI=1S/C18H19N5O2/c1-12(2)20-18(24)16-17(13-8-10-19-11-9-13)23(22-21-16)14-6-4-5-7-15(14)25-3/h4-12H,1-3H3,(H,20,24). The second kappa shape index (κ2) is 7.12.